The van der Waals surface area contributed by atoms with E-state index in [2.05, 4.69) is 5.32 Å². The molecule has 108 valence electrons. The number of hydrogen-bond acceptors (Lipinski definition) is 2. The topological polar surface area (TPSA) is 49.3 Å². The van der Waals surface area contributed by atoms with Gasteiger partial charge in [0, 0.05) is 16.8 Å². The van der Waals surface area contributed by atoms with E-state index in [-0.39, 0.29) is 0 Å². The Morgan fingerprint density at radius 3 is 2.38 bits per heavy atom. The summed E-state index contributed by atoms with van der Waals surface area (Å²) in [6.07, 6.45) is 2.51. The fourth-order valence-corrected chi connectivity index (χ4v) is 2.36. The molecule has 2 N–H and O–H groups in total. The Kier molecular flexibility index (Phi) is 5.12. The van der Waals surface area contributed by atoms with Crippen molar-refractivity contribution in [3.63, 3.8) is 0 Å². The maximum absolute atomic E-state index is 10.6. The van der Waals surface area contributed by atoms with Gasteiger partial charge < -0.3 is 10.4 Å². The SMILES string of the molecule is O=C(O)C=Cc1ccc(Cl)cc1Nc1c(Cl)cccc1Cl. The molecule has 0 unspecified atom stereocenters. The average molecular weight is 343 g/mol. The first kappa shape index (κ1) is 15.7. The van der Waals surface area contributed by atoms with Crippen LogP contribution in [0.15, 0.2) is 42.5 Å². The van der Waals surface area contributed by atoms with Crippen LogP contribution in [0.3, 0.4) is 0 Å². The molecule has 2 rings (SSSR count). The van der Waals surface area contributed by atoms with Crippen molar-refractivity contribution in [3.05, 3.63) is 63.1 Å². The first-order valence-electron chi connectivity index (χ1n) is 5.89. The van der Waals surface area contributed by atoms with Crippen LogP contribution in [-0.4, -0.2) is 11.1 Å². The lowest BCUT2D eigenvalue weighted by Crippen LogP contribution is -1.95. The van der Waals surface area contributed by atoms with Crippen molar-refractivity contribution >= 4 is 58.2 Å². The largest absolute Gasteiger partial charge is 0.478 e. The Morgan fingerprint density at radius 1 is 1.10 bits per heavy atom. The maximum atomic E-state index is 10.6. The molecule has 21 heavy (non-hydrogen) atoms. The molecule has 0 aliphatic carbocycles. The summed E-state index contributed by atoms with van der Waals surface area (Å²) in [5.41, 5.74) is 1.79. The van der Waals surface area contributed by atoms with E-state index in [4.69, 9.17) is 39.9 Å². The lowest BCUT2D eigenvalue weighted by atomic mass is 10.1. The summed E-state index contributed by atoms with van der Waals surface area (Å²) in [6.45, 7) is 0. The molecule has 0 saturated heterocycles. The molecular formula is C15H10Cl3NO2. The summed E-state index contributed by atoms with van der Waals surface area (Å²) in [5.74, 6) is -1.04. The van der Waals surface area contributed by atoms with Gasteiger partial charge in [-0.2, -0.15) is 0 Å². The second kappa shape index (κ2) is 6.85. The van der Waals surface area contributed by atoms with E-state index in [1.54, 1.807) is 36.4 Å². The summed E-state index contributed by atoms with van der Waals surface area (Å²) in [7, 11) is 0. The lowest BCUT2D eigenvalue weighted by molar-refractivity contribution is -0.131. The number of anilines is 2. The number of rotatable bonds is 4. The standard InChI is InChI=1S/C15H10Cl3NO2/c16-10-6-4-9(5-7-14(20)21)13(8-10)19-15-11(17)2-1-3-12(15)18/h1-8,19H,(H,20,21). The summed E-state index contributed by atoms with van der Waals surface area (Å²) in [4.78, 5) is 10.6. The first-order chi connectivity index (χ1) is 9.97. The number of halogens is 3. The third-order valence-corrected chi connectivity index (χ3v) is 3.51. The van der Waals surface area contributed by atoms with Crippen molar-refractivity contribution in [3.8, 4) is 0 Å². The molecule has 0 amide bonds. The van der Waals surface area contributed by atoms with E-state index in [1.807, 2.05) is 0 Å². The molecule has 0 spiro atoms. The van der Waals surface area contributed by atoms with Gasteiger partial charge in [0.25, 0.3) is 0 Å². The highest BCUT2D eigenvalue weighted by molar-refractivity contribution is 6.39. The average Bonchev–Trinajstić information content (AvgIpc) is 2.42. The molecule has 6 heteroatoms. The van der Waals surface area contributed by atoms with Gasteiger partial charge in [-0.3, -0.25) is 0 Å². The molecular weight excluding hydrogens is 333 g/mol. The number of hydrogen-bond donors (Lipinski definition) is 2. The third-order valence-electron chi connectivity index (χ3n) is 2.64. The predicted octanol–water partition coefficient (Wildman–Crippen LogP) is 5.49. The van der Waals surface area contributed by atoms with E-state index >= 15 is 0 Å². The quantitative estimate of drug-likeness (QED) is 0.722. The maximum Gasteiger partial charge on any atom is 0.328 e. The third kappa shape index (κ3) is 4.14. The minimum absolute atomic E-state index is 0.454. The molecule has 2 aromatic carbocycles. The van der Waals surface area contributed by atoms with Crippen molar-refractivity contribution < 1.29 is 9.90 Å². The van der Waals surface area contributed by atoms with Crippen molar-refractivity contribution in [2.24, 2.45) is 0 Å². The van der Waals surface area contributed by atoms with Gasteiger partial charge in [-0.1, -0.05) is 46.9 Å². The summed E-state index contributed by atoms with van der Waals surface area (Å²) < 4.78 is 0. The second-order valence-electron chi connectivity index (χ2n) is 4.12. The Balaban J connectivity index is 2.43. The van der Waals surface area contributed by atoms with Crippen molar-refractivity contribution in [2.45, 2.75) is 0 Å². The first-order valence-corrected chi connectivity index (χ1v) is 7.02. The molecule has 0 fully saturated rings. The van der Waals surface area contributed by atoms with E-state index in [9.17, 15) is 4.79 Å². The van der Waals surface area contributed by atoms with Crippen molar-refractivity contribution in [1.29, 1.82) is 0 Å². The summed E-state index contributed by atoms with van der Waals surface area (Å²) >= 11 is 18.2. The molecule has 0 aliphatic heterocycles. The number of benzene rings is 2. The van der Waals surface area contributed by atoms with Crippen LogP contribution >= 0.6 is 34.8 Å². The number of para-hydroxylation sites is 1. The van der Waals surface area contributed by atoms with Crippen LogP contribution in [0.25, 0.3) is 6.08 Å². The molecule has 0 bridgehead atoms. The smallest absolute Gasteiger partial charge is 0.328 e. The molecule has 2 aromatic rings. The Labute approximate surface area is 136 Å². The molecule has 0 atom stereocenters. The Morgan fingerprint density at radius 2 is 1.76 bits per heavy atom. The van der Waals surface area contributed by atoms with Crippen LogP contribution < -0.4 is 5.32 Å². The van der Waals surface area contributed by atoms with Gasteiger partial charge in [0.1, 0.15) is 0 Å². The van der Waals surface area contributed by atoms with Crippen LogP contribution in [0.4, 0.5) is 11.4 Å². The normalized spacial score (nSPS) is 10.8. The Hall–Kier alpha value is -1.68. The van der Waals surface area contributed by atoms with Crippen molar-refractivity contribution in [1.82, 2.24) is 0 Å². The highest BCUT2D eigenvalue weighted by Crippen LogP contribution is 2.34. The monoisotopic (exact) mass is 341 g/mol. The molecule has 0 heterocycles. The van der Waals surface area contributed by atoms with Crippen molar-refractivity contribution in [2.75, 3.05) is 5.32 Å². The highest BCUT2D eigenvalue weighted by Gasteiger charge is 2.08. The van der Waals surface area contributed by atoms with E-state index in [0.717, 1.165) is 6.08 Å². The van der Waals surface area contributed by atoms with Gasteiger partial charge in [0.05, 0.1) is 15.7 Å². The zero-order chi connectivity index (χ0) is 15.4. The van der Waals surface area contributed by atoms with Crippen LogP contribution in [0, 0.1) is 0 Å². The van der Waals surface area contributed by atoms with Crippen LogP contribution in [0.5, 0.6) is 0 Å². The zero-order valence-corrected chi connectivity index (χ0v) is 12.9. The number of nitrogens with one attached hydrogen (secondary N) is 1. The fraction of sp³-hybridized carbons (Fsp3) is 0. The van der Waals surface area contributed by atoms with Gasteiger partial charge >= 0.3 is 5.97 Å². The van der Waals surface area contributed by atoms with Crippen LogP contribution in [0.1, 0.15) is 5.56 Å². The van der Waals surface area contributed by atoms with E-state index in [1.165, 1.54) is 6.08 Å². The minimum Gasteiger partial charge on any atom is -0.478 e. The van der Waals surface area contributed by atoms with Crippen LogP contribution in [-0.2, 0) is 4.79 Å². The minimum atomic E-state index is -1.04. The van der Waals surface area contributed by atoms with Gasteiger partial charge in [-0.25, -0.2) is 4.79 Å². The molecule has 0 saturated carbocycles. The lowest BCUT2D eigenvalue weighted by Gasteiger charge is -2.13. The summed E-state index contributed by atoms with van der Waals surface area (Å²) in [6, 6.07) is 10.2. The number of aliphatic carboxylic acids is 1. The van der Waals surface area contributed by atoms with Gasteiger partial charge in [-0.15, -0.1) is 0 Å². The second-order valence-corrected chi connectivity index (χ2v) is 5.38. The molecule has 0 radical (unpaired) electrons. The zero-order valence-electron chi connectivity index (χ0n) is 10.6. The number of carboxylic acids is 1. The Bertz CT molecular complexity index is 694. The fourth-order valence-electron chi connectivity index (χ4n) is 1.70. The van der Waals surface area contributed by atoms with E-state index < -0.39 is 5.97 Å². The van der Waals surface area contributed by atoms with Crippen LogP contribution in [0.2, 0.25) is 15.1 Å². The van der Waals surface area contributed by atoms with Gasteiger partial charge in [0.2, 0.25) is 0 Å². The number of carbonyl (C=O) groups is 1. The molecule has 3 nitrogen and oxygen atoms in total. The predicted molar refractivity (Wildman–Crippen MR) is 87.9 cm³/mol. The van der Waals surface area contributed by atoms with Gasteiger partial charge in [0.15, 0.2) is 0 Å². The highest BCUT2D eigenvalue weighted by atomic mass is 35.5. The van der Waals surface area contributed by atoms with Gasteiger partial charge in [-0.05, 0) is 35.9 Å². The molecule has 0 aliphatic rings. The van der Waals surface area contributed by atoms with E-state index in [0.29, 0.717) is 32.0 Å². The summed E-state index contributed by atoms with van der Waals surface area (Å²) in [5, 5.41) is 13.2. The number of carboxylic acid groups (broad SMARTS) is 1. The molecule has 0 aromatic heterocycles.